The Morgan fingerprint density at radius 3 is 2.86 bits per heavy atom. The predicted molar refractivity (Wildman–Crippen MR) is 85.3 cm³/mol. The van der Waals surface area contributed by atoms with Crippen LogP contribution >= 0.6 is 11.6 Å². The number of likely N-dealkylation sites (N-methyl/N-ethyl adjacent to an activating group) is 1. The normalized spacial score (nSPS) is 19.1. The van der Waals surface area contributed by atoms with Crippen LogP contribution in [0.1, 0.15) is 41.5 Å². The van der Waals surface area contributed by atoms with Gasteiger partial charge >= 0.3 is 0 Å². The number of hydrogen-bond donors (Lipinski definition) is 1. The second-order valence-corrected chi connectivity index (χ2v) is 6.04. The molecule has 2 aromatic carbocycles. The minimum atomic E-state index is -0.237. The van der Waals surface area contributed by atoms with E-state index in [0.717, 1.165) is 24.8 Å². The van der Waals surface area contributed by atoms with E-state index in [1.807, 2.05) is 7.05 Å². The highest BCUT2D eigenvalue weighted by molar-refractivity contribution is 6.31. The minimum absolute atomic E-state index is 0.0367. The third kappa shape index (κ3) is 2.83. The number of aryl methyl sites for hydroxylation is 1. The van der Waals surface area contributed by atoms with Crippen molar-refractivity contribution in [1.29, 1.82) is 0 Å². The van der Waals surface area contributed by atoms with Crippen molar-refractivity contribution in [3.8, 4) is 0 Å². The first kappa shape index (κ1) is 14.6. The summed E-state index contributed by atoms with van der Waals surface area (Å²) in [5.74, 6) is 0.0954. The lowest BCUT2D eigenvalue weighted by atomic mass is 9.77. The van der Waals surface area contributed by atoms with Crippen LogP contribution in [0.15, 0.2) is 42.5 Å². The maximum atomic E-state index is 13.6. The van der Waals surface area contributed by atoms with Crippen LogP contribution in [0.2, 0.25) is 5.02 Å². The van der Waals surface area contributed by atoms with Crippen molar-refractivity contribution in [1.82, 2.24) is 5.32 Å². The zero-order valence-electron chi connectivity index (χ0n) is 12.1. The van der Waals surface area contributed by atoms with Gasteiger partial charge in [0.05, 0.1) is 0 Å². The lowest BCUT2D eigenvalue weighted by Crippen LogP contribution is -2.27. The van der Waals surface area contributed by atoms with Crippen LogP contribution in [0, 0.1) is 5.82 Å². The Morgan fingerprint density at radius 1 is 1.24 bits per heavy atom. The van der Waals surface area contributed by atoms with Gasteiger partial charge in [0.15, 0.2) is 0 Å². The minimum Gasteiger partial charge on any atom is -0.312 e. The third-order valence-corrected chi connectivity index (χ3v) is 4.77. The molecular weight excluding hydrogens is 285 g/mol. The summed E-state index contributed by atoms with van der Waals surface area (Å²) in [5.41, 5.74) is 3.62. The van der Waals surface area contributed by atoms with Crippen LogP contribution in [0.4, 0.5) is 4.39 Å². The van der Waals surface area contributed by atoms with E-state index < -0.39 is 0 Å². The number of hydrogen-bond acceptors (Lipinski definition) is 1. The Morgan fingerprint density at radius 2 is 2.05 bits per heavy atom. The van der Waals surface area contributed by atoms with Crippen LogP contribution < -0.4 is 5.32 Å². The first-order chi connectivity index (χ1) is 10.2. The molecule has 110 valence electrons. The smallest absolute Gasteiger partial charge is 0.123 e. The van der Waals surface area contributed by atoms with Crippen molar-refractivity contribution in [3.05, 3.63) is 70.0 Å². The molecule has 2 atom stereocenters. The molecule has 3 rings (SSSR count). The van der Waals surface area contributed by atoms with Gasteiger partial charge in [0.25, 0.3) is 0 Å². The van der Waals surface area contributed by atoms with Gasteiger partial charge < -0.3 is 5.32 Å². The molecule has 2 unspecified atom stereocenters. The summed E-state index contributed by atoms with van der Waals surface area (Å²) < 4.78 is 13.6. The third-order valence-electron chi connectivity index (χ3n) is 4.42. The average molecular weight is 304 g/mol. The molecule has 0 aliphatic heterocycles. The maximum Gasteiger partial charge on any atom is 0.123 e. The number of fused-ring (bicyclic) bond motifs is 1. The van der Waals surface area contributed by atoms with E-state index in [4.69, 9.17) is 11.6 Å². The second kappa shape index (κ2) is 6.17. The van der Waals surface area contributed by atoms with Gasteiger partial charge in [-0.2, -0.15) is 0 Å². The molecule has 0 fully saturated rings. The molecular formula is C18H19ClFN. The van der Waals surface area contributed by atoms with Crippen molar-refractivity contribution in [2.24, 2.45) is 0 Å². The number of nitrogens with one attached hydrogen (secondary N) is 1. The highest BCUT2D eigenvalue weighted by atomic mass is 35.5. The molecule has 0 aromatic heterocycles. The number of rotatable bonds is 3. The van der Waals surface area contributed by atoms with Crippen LogP contribution in [0.3, 0.4) is 0 Å². The summed E-state index contributed by atoms with van der Waals surface area (Å²) in [6.07, 6.45) is 3.38. The molecule has 21 heavy (non-hydrogen) atoms. The fraction of sp³-hybridized carbons (Fsp3) is 0.333. The van der Waals surface area contributed by atoms with Crippen molar-refractivity contribution in [2.75, 3.05) is 7.05 Å². The van der Waals surface area contributed by atoms with Gasteiger partial charge in [0, 0.05) is 17.0 Å². The van der Waals surface area contributed by atoms with Gasteiger partial charge in [-0.15, -0.1) is 0 Å². The fourth-order valence-electron chi connectivity index (χ4n) is 3.46. The summed E-state index contributed by atoms with van der Waals surface area (Å²) in [6.45, 7) is 0. The maximum absolute atomic E-state index is 13.6. The van der Waals surface area contributed by atoms with Crippen molar-refractivity contribution in [3.63, 3.8) is 0 Å². The Bertz CT molecular complexity index is 641. The van der Waals surface area contributed by atoms with E-state index >= 15 is 0 Å². The molecule has 0 heterocycles. The molecule has 1 N–H and O–H groups in total. The quantitative estimate of drug-likeness (QED) is 0.854. The van der Waals surface area contributed by atoms with Gasteiger partial charge in [-0.1, -0.05) is 35.9 Å². The van der Waals surface area contributed by atoms with E-state index in [1.54, 1.807) is 12.1 Å². The molecule has 0 bridgehead atoms. The zero-order valence-corrected chi connectivity index (χ0v) is 12.8. The Kier molecular flexibility index (Phi) is 4.27. The molecule has 2 aromatic rings. The van der Waals surface area contributed by atoms with Crippen LogP contribution in [0.5, 0.6) is 0 Å². The van der Waals surface area contributed by atoms with Gasteiger partial charge in [-0.3, -0.25) is 0 Å². The first-order valence-electron chi connectivity index (χ1n) is 7.40. The fourth-order valence-corrected chi connectivity index (χ4v) is 3.70. The Balaban J connectivity index is 2.03. The van der Waals surface area contributed by atoms with Crippen LogP contribution in [-0.2, 0) is 6.42 Å². The standard InChI is InChI=1S/C18H19ClFN/c1-21-18(16-11-13(20)9-10-17(16)19)15-8-4-6-12-5-2-3-7-14(12)15/h2-3,5,7,9-11,15,18,21H,4,6,8H2,1H3. The lowest BCUT2D eigenvalue weighted by Gasteiger charge is -2.33. The molecule has 0 amide bonds. The highest BCUT2D eigenvalue weighted by Gasteiger charge is 2.29. The number of benzene rings is 2. The molecule has 1 nitrogen and oxygen atoms in total. The molecule has 1 aliphatic carbocycles. The molecule has 3 heteroatoms. The van der Waals surface area contributed by atoms with E-state index in [-0.39, 0.29) is 11.9 Å². The van der Waals surface area contributed by atoms with Crippen LogP contribution in [0.25, 0.3) is 0 Å². The molecule has 0 spiro atoms. The Hall–Kier alpha value is -1.38. The predicted octanol–water partition coefficient (Wildman–Crippen LogP) is 4.86. The van der Waals surface area contributed by atoms with E-state index in [9.17, 15) is 4.39 Å². The topological polar surface area (TPSA) is 12.0 Å². The summed E-state index contributed by atoms with van der Waals surface area (Å²) in [7, 11) is 1.92. The van der Waals surface area contributed by atoms with Crippen molar-refractivity contribution >= 4 is 11.6 Å². The van der Waals surface area contributed by atoms with Gasteiger partial charge in [-0.05, 0) is 61.2 Å². The average Bonchev–Trinajstić information content (AvgIpc) is 2.51. The van der Waals surface area contributed by atoms with Gasteiger partial charge in [0.1, 0.15) is 5.82 Å². The SMILES string of the molecule is CNC(c1cc(F)ccc1Cl)C1CCCc2ccccc21. The summed E-state index contributed by atoms with van der Waals surface area (Å²) in [5, 5.41) is 3.97. The number of halogens is 2. The van der Waals surface area contributed by atoms with Crippen LogP contribution in [-0.4, -0.2) is 7.05 Å². The largest absolute Gasteiger partial charge is 0.312 e. The monoisotopic (exact) mass is 303 g/mol. The molecule has 0 radical (unpaired) electrons. The summed E-state index contributed by atoms with van der Waals surface area (Å²) in [4.78, 5) is 0. The van der Waals surface area contributed by atoms with Gasteiger partial charge in [-0.25, -0.2) is 4.39 Å². The van der Waals surface area contributed by atoms with Gasteiger partial charge in [0.2, 0.25) is 0 Å². The molecule has 0 saturated carbocycles. The Labute approximate surface area is 130 Å². The van der Waals surface area contributed by atoms with E-state index in [0.29, 0.717) is 10.9 Å². The second-order valence-electron chi connectivity index (χ2n) is 5.63. The van der Waals surface area contributed by atoms with E-state index in [1.165, 1.54) is 17.2 Å². The summed E-state index contributed by atoms with van der Waals surface area (Å²) >= 11 is 6.31. The molecule has 1 aliphatic rings. The van der Waals surface area contributed by atoms with Crippen molar-refractivity contribution < 1.29 is 4.39 Å². The van der Waals surface area contributed by atoms with E-state index in [2.05, 4.69) is 29.6 Å². The summed E-state index contributed by atoms with van der Waals surface area (Å²) in [6, 6.07) is 13.2. The van der Waals surface area contributed by atoms with Crippen molar-refractivity contribution in [2.45, 2.75) is 31.2 Å². The lowest BCUT2D eigenvalue weighted by molar-refractivity contribution is 0.423. The zero-order chi connectivity index (χ0) is 14.8. The first-order valence-corrected chi connectivity index (χ1v) is 7.78. The molecule has 0 saturated heterocycles. The highest BCUT2D eigenvalue weighted by Crippen LogP contribution is 2.41.